The number of carbonyl (C=O) groups excluding carboxylic acids is 1. The van der Waals surface area contributed by atoms with E-state index in [1.165, 1.54) is 0 Å². The Morgan fingerprint density at radius 3 is 2.25 bits per heavy atom. The Kier molecular flexibility index (Phi) is 11.7. The molecular formula is C15H31NO4. The van der Waals surface area contributed by atoms with Crippen LogP contribution in [0, 0.1) is 0 Å². The van der Waals surface area contributed by atoms with Crippen LogP contribution in [0.25, 0.3) is 0 Å². The lowest BCUT2D eigenvalue weighted by Crippen LogP contribution is -2.50. The van der Waals surface area contributed by atoms with Crippen molar-refractivity contribution in [2.24, 2.45) is 0 Å². The summed E-state index contributed by atoms with van der Waals surface area (Å²) in [6.07, 6.45) is 2.55. The standard InChI is InChI=1S/C15H31NO4/c1-5-10-18-12-13-19-11-8-9-15(4,16-6-2)14(17)20-7-3/h16H,5-13H2,1-4H3. The Labute approximate surface area is 123 Å². The summed E-state index contributed by atoms with van der Waals surface area (Å²) in [6.45, 7) is 11.6. The van der Waals surface area contributed by atoms with Crippen LogP contribution in [0.2, 0.25) is 0 Å². The molecule has 0 saturated heterocycles. The molecule has 0 amide bonds. The van der Waals surface area contributed by atoms with E-state index in [9.17, 15) is 4.79 Å². The van der Waals surface area contributed by atoms with Crippen LogP contribution in [-0.4, -0.2) is 51.1 Å². The second-order valence-corrected chi connectivity index (χ2v) is 4.91. The highest BCUT2D eigenvalue weighted by Gasteiger charge is 2.32. The van der Waals surface area contributed by atoms with Crippen LogP contribution in [0.5, 0.6) is 0 Å². The van der Waals surface area contributed by atoms with Crippen molar-refractivity contribution >= 4 is 5.97 Å². The summed E-state index contributed by atoms with van der Waals surface area (Å²) < 4.78 is 15.9. The SMILES string of the molecule is CCCOCCOCCCC(C)(NCC)C(=O)OCC. The smallest absolute Gasteiger partial charge is 0.326 e. The number of hydrogen-bond donors (Lipinski definition) is 1. The fraction of sp³-hybridized carbons (Fsp3) is 0.933. The number of carbonyl (C=O) groups is 1. The first-order valence-electron chi connectivity index (χ1n) is 7.68. The molecule has 0 aromatic heterocycles. The van der Waals surface area contributed by atoms with E-state index in [2.05, 4.69) is 12.2 Å². The zero-order valence-corrected chi connectivity index (χ0v) is 13.5. The normalized spacial score (nSPS) is 14.0. The molecule has 1 N–H and O–H groups in total. The molecule has 0 bridgehead atoms. The van der Waals surface area contributed by atoms with E-state index in [4.69, 9.17) is 14.2 Å². The van der Waals surface area contributed by atoms with E-state index < -0.39 is 5.54 Å². The molecule has 0 aliphatic rings. The van der Waals surface area contributed by atoms with Gasteiger partial charge in [-0.3, -0.25) is 4.79 Å². The van der Waals surface area contributed by atoms with Crippen molar-refractivity contribution in [1.29, 1.82) is 0 Å². The predicted octanol–water partition coefficient (Wildman–Crippen LogP) is 2.14. The largest absolute Gasteiger partial charge is 0.465 e. The molecule has 0 heterocycles. The third-order valence-corrected chi connectivity index (χ3v) is 2.98. The van der Waals surface area contributed by atoms with Gasteiger partial charge in [0.05, 0.1) is 19.8 Å². The maximum absolute atomic E-state index is 11.9. The van der Waals surface area contributed by atoms with Crippen molar-refractivity contribution in [2.75, 3.05) is 39.6 Å². The number of nitrogens with one attached hydrogen (secondary N) is 1. The molecule has 0 aliphatic heterocycles. The lowest BCUT2D eigenvalue weighted by atomic mass is 9.96. The van der Waals surface area contributed by atoms with E-state index in [-0.39, 0.29) is 5.97 Å². The maximum Gasteiger partial charge on any atom is 0.326 e. The van der Waals surface area contributed by atoms with Crippen molar-refractivity contribution < 1.29 is 19.0 Å². The van der Waals surface area contributed by atoms with Gasteiger partial charge in [-0.15, -0.1) is 0 Å². The van der Waals surface area contributed by atoms with Crippen LogP contribution < -0.4 is 5.32 Å². The topological polar surface area (TPSA) is 56.8 Å². The summed E-state index contributed by atoms with van der Waals surface area (Å²) >= 11 is 0. The second-order valence-electron chi connectivity index (χ2n) is 4.91. The van der Waals surface area contributed by atoms with E-state index in [1.807, 2.05) is 20.8 Å². The summed E-state index contributed by atoms with van der Waals surface area (Å²) in [5.74, 6) is -0.187. The van der Waals surface area contributed by atoms with Crippen LogP contribution >= 0.6 is 0 Å². The minimum absolute atomic E-state index is 0.187. The van der Waals surface area contributed by atoms with Gasteiger partial charge in [0, 0.05) is 13.2 Å². The zero-order chi connectivity index (χ0) is 15.3. The van der Waals surface area contributed by atoms with E-state index >= 15 is 0 Å². The Morgan fingerprint density at radius 2 is 1.70 bits per heavy atom. The molecule has 1 atom stereocenters. The molecule has 1 unspecified atom stereocenters. The Balaban J connectivity index is 3.83. The fourth-order valence-corrected chi connectivity index (χ4v) is 1.94. The van der Waals surface area contributed by atoms with Gasteiger partial charge in [0.2, 0.25) is 0 Å². The third-order valence-electron chi connectivity index (χ3n) is 2.98. The molecule has 0 radical (unpaired) electrons. The Hall–Kier alpha value is -0.650. The van der Waals surface area contributed by atoms with E-state index in [0.29, 0.717) is 32.8 Å². The second kappa shape index (κ2) is 12.1. The summed E-state index contributed by atoms with van der Waals surface area (Å²) in [6, 6.07) is 0. The minimum atomic E-state index is -0.618. The van der Waals surface area contributed by atoms with Gasteiger partial charge in [0.25, 0.3) is 0 Å². The predicted molar refractivity (Wildman–Crippen MR) is 79.9 cm³/mol. The lowest BCUT2D eigenvalue weighted by Gasteiger charge is -2.28. The van der Waals surface area contributed by atoms with Crippen LogP contribution in [0.3, 0.4) is 0 Å². The minimum Gasteiger partial charge on any atom is -0.465 e. The van der Waals surface area contributed by atoms with E-state index in [1.54, 1.807) is 0 Å². The van der Waals surface area contributed by atoms with Crippen LogP contribution in [-0.2, 0) is 19.0 Å². The first kappa shape index (κ1) is 19.4. The molecule has 0 rings (SSSR count). The summed E-state index contributed by atoms with van der Waals surface area (Å²) in [7, 11) is 0. The summed E-state index contributed by atoms with van der Waals surface area (Å²) in [4.78, 5) is 11.9. The number of ether oxygens (including phenoxy) is 3. The van der Waals surface area contributed by atoms with Crippen molar-refractivity contribution in [2.45, 2.75) is 52.5 Å². The average Bonchev–Trinajstić information content (AvgIpc) is 2.42. The highest BCUT2D eigenvalue weighted by molar-refractivity contribution is 5.80. The number of hydrogen-bond acceptors (Lipinski definition) is 5. The molecular weight excluding hydrogens is 258 g/mol. The molecule has 0 aromatic carbocycles. The van der Waals surface area contributed by atoms with Crippen molar-refractivity contribution in [1.82, 2.24) is 5.32 Å². The zero-order valence-electron chi connectivity index (χ0n) is 13.5. The molecule has 0 aliphatic carbocycles. The average molecular weight is 289 g/mol. The van der Waals surface area contributed by atoms with Gasteiger partial charge in [-0.25, -0.2) is 0 Å². The van der Waals surface area contributed by atoms with Gasteiger partial charge in [0.15, 0.2) is 0 Å². The molecule has 0 saturated carbocycles. The van der Waals surface area contributed by atoms with E-state index in [0.717, 1.165) is 26.0 Å². The number of rotatable bonds is 13. The van der Waals surface area contributed by atoms with Crippen LogP contribution in [0.15, 0.2) is 0 Å². The summed E-state index contributed by atoms with van der Waals surface area (Å²) in [5.41, 5.74) is -0.618. The third kappa shape index (κ3) is 8.51. The lowest BCUT2D eigenvalue weighted by molar-refractivity contribution is -0.151. The first-order chi connectivity index (χ1) is 9.60. The Bertz CT molecular complexity index is 248. The van der Waals surface area contributed by atoms with Gasteiger partial charge in [0.1, 0.15) is 5.54 Å². The number of likely N-dealkylation sites (N-methyl/N-ethyl adjacent to an activating group) is 1. The van der Waals surface area contributed by atoms with Crippen LogP contribution in [0.1, 0.15) is 47.0 Å². The molecule has 5 heteroatoms. The van der Waals surface area contributed by atoms with Gasteiger partial charge >= 0.3 is 5.97 Å². The quantitative estimate of drug-likeness (QED) is 0.416. The van der Waals surface area contributed by atoms with Gasteiger partial charge in [-0.05, 0) is 39.7 Å². The molecule has 120 valence electrons. The monoisotopic (exact) mass is 289 g/mol. The highest BCUT2D eigenvalue weighted by atomic mass is 16.5. The maximum atomic E-state index is 11.9. The van der Waals surface area contributed by atoms with Gasteiger partial charge in [-0.1, -0.05) is 13.8 Å². The molecule has 0 spiro atoms. The Morgan fingerprint density at radius 1 is 1.05 bits per heavy atom. The van der Waals surface area contributed by atoms with Crippen molar-refractivity contribution in [3.63, 3.8) is 0 Å². The molecule has 5 nitrogen and oxygen atoms in total. The van der Waals surface area contributed by atoms with Crippen molar-refractivity contribution in [3.8, 4) is 0 Å². The highest BCUT2D eigenvalue weighted by Crippen LogP contribution is 2.14. The van der Waals surface area contributed by atoms with Crippen LogP contribution in [0.4, 0.5) is 0 Å². The fourth-order valence-electron chi connectivity index (χ4n) is 1.94. The van der Waals surface area contributed by atoms with Crippen molar-refractivity contribution in [3.05, 3.63) is 0 Å². The number of esters is 1. The van der Waals surface area contributed by atoms with Gasteiger partial charge in [-0.2, -0.15) is 0 Å². The molecule has 20 heavy (non-hydrogen) atoms. The first-order valence-corrected chi connectivity index (χ1v) is 7.68. The summed E-state index contributed by atoms with van der Waals surface area (Å²) in [5, 5.41) is 3.21. The van der Waals surface area contributed by atoms with Gasteiger partial charge < -0.3 is 19.5 Å². The molecule has 0 fully saturated rings. The molecule has 0 aromatic rings.